The van der Waals surface area contributed by atoms with Gasteiger partial charge in [0.05, 0.1) is 7.11 Å². The number of benzene rings is 1. The lowest BCUT2D eigenvalue weighted by molar-refractivity contribution is -0.136. The minimum absolute atomic E-state index is 0.222. The summed E-state index contributed by atoms with van der Waals surface area (Å²) in [6, 6.07) is 6.18. The van der Waals surface area contributed by atoms with Gasteiger partial charge in [-0.1, -0.05) is 19.1 Å². The van der Waals surface area contributed by atoms with Crippen LogP contribution in [0.15, 0.2) is 18.2 Å². The second kappa shape index (κ2) is 3.94. The van der Waals surface area contributed by atoms with Crippen molar-refractivity contribution >= 4 is 5.97 Å². The first-order valence-electron chi connectivity index (χ1n) is 4.09. The molecular weight excluding hydrogens is 168 g/mol. The molecule has 0 spiro atoms. The highest BCUT2D eigenvalue weighted by Crippen LogP contribution is 2.22. The smallest absolute Gasteiger partial charge is 0.303 e. The number of carboxylic acids is 1. The number of carbonyl (C=O) groups is 1. The molecule has 2 aliphatic rings. The highest BCUT2D eigenvalue weighted by Gasteiger charge is 2.03. The van der Waals surface area contributed by atoms with E-state index in [-0.39, 0.29) is 6.42 Å². The Morgan fingerprint density at radius 3 is 2.23 bits per heavy atom. The summed E-state index contributed by atoms with van der Waals surface area (Å²) in [6.07, 6.45) is 0.222. The number of carboxylic acid groups (broad SMARTS) is 1. The third kappa shape index (κ3) is 1.99. The number of hydrogen-bond acceptors (Lipinski definition) is 2. The van der Waals surface area contributed by atoms with Crippen LogP contribution in [0.2, 0.25) is 0 Å². The Labute approximate surface area is 76.3 Å². The molecule has 2 rings (SSSR count). The van der Waals surface area contributed by atoms with E-state index in [0.29, 0.717) is 0 Å². The van der Waals surface area contributed by atoms with Gasteiger partial charge in [0, 0.05) is 11.6 Å². The standard InChI is InChI=1S/C7H6O.C3H6O2/c1-8-7-4-5-2-3-6(5)7;1-2-3(4)5/h2-4H,1H3;2H2,1H3,(H,4,5). The SMILES string of the molecule is CCC(=O)O.COc1cc2ccc1=2. The molecule has 0 bridgehead atoms. The van der Waals surface area contributed by atoms with E-state index in [1.165, 1.54) is 10.4 Å². The summed E-state index contributed by atoms with van der Waals surface area (Å²) < 4.78 is 4.97. The fraction of sp³-hybridized carbons (Fsp3) is 0.300. The van der Waals surface area contributed by atoms with Gasteiger partial charge in [-0.15, -0.1) is 0 Å². The molecule has 0 fully saturated rings. The average molecular weight is 180 g/mol. The Morgan fingerprint density at radius 2 is 2.15 bits per heavy atom. The number of hydrogen-bond donors (Lipinski definition) is 1. The van der Waals surface area contributed by atoms with Crippen molar-refractivity contribution in [3.05, 3.63) is 28.6 Å². The Morgan fingerprint density at radius 1 is 1.54 bits per heavy atom. The summed E-state index contributed by atoms with van der Waals surface area (Å²) >= 11 is 0. The summed E-state index contributed by atoms with van der Waals surface area (Å²) in [5.74, 6) is 0.285. The van der Waals surface area contributed by atoms with Crippen molar-refractivity contribution in [1.82, 2.24) is 0 Å². The van der Waals surface area contributed by atoms with Crippen LogP contribution < -0.4 is 4.74 Å². The maximum absolute atomic E-state index is 9.37. The molecule has 0 aromatic carbocycles. The topological polar surface area (TPSA) is 46.5 Å². The van der Waals surface area contributed by atoms with Gasteiger partial charge in [0.2, 0.25) is 0 Å². The van der Waals surface area contributed by atoms with Gasteiger partial charge < -0.3 is 9.84 Å². The molecule has 0 saturated carbocycles. The first-order chi connectivity index (χ1) is 6.19. The van der Waals surface area contributed by atoms with E-state index < -0.39 is 5.97 Å². The van der Waals surface area contributed by atoms with Gasteiger partial charge in [-0.2, -0.15) is 0 Å². The van der Waals surface area contributed by atoms with E-state index in [9.17, 15) is 4.79 Å². The van der Waals surface area contributed by atoms with E-state index in [1.807, 2.05) is 6.07 Å². The maximum atomic E-state index is 9.37. The van der Waals surface area contributed by atoms with Crippen molar-refractivity contribution in [3.8, 4) is 5.75 Å². The first kappa shape index (κ1) is 9.58. The van der Waals surface area contributed by atoms with Crippen LogP contribution in [0.1, 0.15) is 13.3 Å². The molecule has 0 aromatic heterocycles. The molecule has 0 radical (unpaired) electrons. The van der Waals surface area contributed by atoms with Crippen molar-refractivity contribution in [2.24, 2.45) is 0 Å². The van der Waals surface area contributed by atoms with Crippen LogP contribution in [-0.2, 0) is 4.79 Å². The lowest BCUT2D eigenvalue weighted by atomic mass is 10.1. The lowest BCUT2D eigenvalue weighted by Crippen LogP contribution is -1.92. The molecule has 0 heterocycles. The third-order valence-corrected chi connectivity index (χ3v) is 1.81. The van der Waals surface area contributed by atoms with Crippen LogP contribution in [-0.4, -0.2) is 18.2 Å². The van der Waals surface area contributed by atoms with Gasteiger partial charge >= 0.3 is 5.97 Å². The zero-order chi connectivity index (χ0) is 9.84. The number of aliphatic carboxylic acids is 1. The summed E-state index contributed by atoms with van der Waals surface area (Å²) in [5.41, 5.74) is 0. The van der Waals surface area contributed by atoms with E-state index in [2.05, 4.69) is 12.1 Å². The molecular formula is C10H12O3. The summed E-state index contributed by atoms with van der Waals surface area (Å²) in [4.78, 5) is 9.37. The minimum atomic E-state index is -0.745. The van der Waals surface area contributed by atoms with Crippen LogP contribution in [0, 0.1) is 10.4 Å². The molecule has 13 heavy (non-hydrogen) atoms. The molecule has 0 unspecified atom stereocenters. The van der Waals surface area contributed by atoms with Gasteiger partial charge in [0.1, 0.15) is 5.75 Å². The molecule has 3 heteroatoms. The zero-order valence-electron chi connectivity index (χ0n) is 7.70. The molecule has 0 aromatic rings. The van der Waals surface area contributed by atoms with Gasteiger partial charge in [0.25, 0.3) is 0 Å². The number of rotatable bonds is 2. The van der Waals surface area contributed by atoms with Crippen LogP contribution in [0.25, 0.3) is 0 Å². The molecule has 70 valence electrons. The Bertz CT molecular complexity index is 395. The number of methoxy groups -OCH3 is 1. The van der Waals surface area contributed by atoms with E-state index in [1.54, 1.807) is 14.0 Å². The Balaban J connectivity index is 0.000000149. The second-order valence-electron chi connectivity index (χ2n) is 2.66. The molecule has 0 amide bonds. The average Bonchev–Trinajstić information content (AvgIpc) is 2.10. The van der Waals surface area contributed by atoms with E-state index in [4.69, 9.17) is 9.84 Å². The van der Waals surface area contributed by atoms with Gasteiger partial charge in [-0.3, -0.25) is 4.79 Å². The predicted molar refractivity (Wildman–Crippen MR) is 48.6 cm³/mol. The highest BCUT2D eigenvalue weighted by atomic mass is 16.5. The normalized spacial score (nSPS) is 9.69. The van der Waals surface area contributed by atoms with Crippen LogP contribution in [0.5, 0.6) is 5.75 Å². The van der Waals surface area contributed by atoms with Crippen molar-refractivity contribution in [2.75, 3.05) is 7.11 Å². The predicted octanol–water partition coefficient (Wildman–Crippen LogP) is 1.78. The van der Waals surface area contributed by atoms with E-state index >= 15 is 0 Å². The Hall–Kier alpha value is -1.51. The third-order valence-electron chi connectivity index (χ3n) is 1.81. The molecule has 2 aliphatic carbocycles. The fourth-order valence-corrected chi connectivity index (χ4v) is 0.923. The van der Waals surface area contributed by atoms with Crippen molar-refractivity contribution in [1.29, 1.82) is 0 Å². The summed E-state index contributed by atoms with van der Waals surface area (Å²) in [7, 11) is 1.70. The first-order valence-corrected chi connectivity index (χ1v) is 4.09. The van der Waals surface area contributed by atoms with Crippen LogP contribution in [0.4, 0.5) is 0 Å². The van der Waals surface area contributed by atoms with Crippen LogP contribution >= 0.6 is 0 Å². The van der Waals surface area contributed by atoms with Gasteiger partial charge in [-0.05, 0) is 11.3 Å². The molecule has 3 nitrogen and oxygen atoms in total. The molecule has 0 saturated heterocycles. The second-order valence-corrected chi connectivity index (χ2v) is 2.66. The van der Waals surface area contributed by atoms with Crippen molar-refractivity contribution < 1.29 is 14.6 Å². The molecule has 1 N–H and O–H groups in total. The number of ether oxygens (including phenoxy) is 1. The fourth-order valence-electron chi connectivity index (χ4n) is 0.923. The van der Waals surface area contributed by atoms with E-state index in [0.717, 1.165) is 5.75 Å². The Kier molecular flexibility index (Phi) is 2.90. The highest BCUT2D eigenvalue weighted by molar-refractivity contribution is 5.66. The monoisotopic (exact) mass is 180 g/mol. The largest absolute Gasteiger partial charge is 0.496 e. The minimum Gasteiger partial charge on any atom is -0.496 e. The van der Waals surface area contributed by atoms with Crippen LogP contribution in [0.3, 0.4) is 0 Å². The molecule has 0 atom stereocenters. The summed E-state index contributed by atoms with van der Waals surface area (Å²) in [6.45, 7) is 1.60. The lowest BCUT2D eigenvalue weighted by Gasteiger charge is -2.08. The quantitative estimate of drug-likeness (QED) is 0.766. The van der Waals surface area contributed by atoms with Crippen molar-refractivity contribution in [2.45, 2.75) is 13.3 Å². The van der Waals surface area contributed by atoms with Crippen molar-refractivity contribution in [3.63, 3.8) is 0 Å². The maximum Gasteiger partial charge on any atom is 0.303 e. The molecule has 0 aliphatic heterocycles. The van der Waals surface area contributed by atoms with Gasteiger partial charge in [0.15, 0.2) is 0 Å². The van der Waals surface area contributed by atoms with Gasteiger partial charge in [-0.25, -0.2) is 0 Å². The zero-order valence-corrected chi connectivity index (χ0v) is 7.70. The summed E-state index contributed by atoms with van der Waals surface area (Å²) in [5, 5.41) is 10.3.